The van der Waals surface area contributed by atoms with Crippen molar-refractivity contribution in [3.63, 3.8) is 0 Å². The molecule has 0 amide bonds. The quantitative estimate of drug-likeness (QED) is 0.816. The third-order valence-corrected chi connectivity index (χ3v) is 3.42. The Kier molecular flexibility index (Phi) is 4.70. The molecule has 1 aromatic carbocycles. The molecule has 0 aromatic heterocycles. The van der Waals surface area contributed by atoms with Crippen molar-refractivity contribution in [3.05, 3.63) is 35.1 Å². The summed E-state index contributed by atoms with van der Waals surface area (Å²) in [6.45, 7) is 11.1. The maximum Gasteiger partial charge on any atom is 0.127 e. The van der Waals surface area contributed by atoms with Crippen LogP contribution in [0.5, 0.6) is 0 Å². The van der Waals surface area contributed by atoms with Crippen molar-refractivity contribution in [2.75, 3.05) is 0 Å². The molecule has 96 valence electrons. The van der Waals surface area contributed by atoms with Crippen LogP contribution in [0.4, 0.5) is 4.39 Å². The summed E-state index contributed by atoms with van der Waals surface area (Å²) in [5.74, 6) is -0.0998. The Balaban J connectivity index is 2.86. The second kappa shape index (κ2) is 5.63. The Bertz CT molecular complexity index is 369. The first-order chi connectivity index (χ1) is 7.86. The Hall–Kier alpha value is -0.890. The summed E-state index contributed by atoms with van der Waals surface area (Å²) in [6, 6.07) is 6.00. The van der Waals surface area contributed by atoms with E-state index in [1.165, 1.54) is 0 Å². The predicted octanol–water partition coefficient (Wildman–Crippen LogP) is 4.01. The van der Waals surface area contributed by atoms with Crippen molar-refractivity contribution < 1.29 is 4.39 Å². The second-order valence-electron chi connectivity index (χ2n) is 5.58. The Morgan fingerprint density at radius 2 is 1.94 bits per heavy atom. The van der Waals surface area contributed by atoms with E-state index in [0.29, 0.717) is 12.6 Å². The van der Waals surface area contributed by atoms with Gasteiger partial charge in [-0.05, 0) is 23.5 Å². The molecule has 0 radical (unpaired) electrons. The number of hydrogen-bond acceptors (Lipinski definition) is 1. The lowest BCUT2D eigenvalue weighted by Crippen LogP contribution is -2.23. The van der Waals surface area contributed by atoms with Crippen LogP contribution in [0.3, 0.4) is 0 Å². The molecule has 0 spiro atoms. The largest absolute Gasteiger partial charge is 0.310 e. The van der Waals surface area contributed by atoms with Gasteiger partial charge in [0.2, 0.25) is 0 Å². The predicted molar refractivity (Wildman–Crippen MR) is 71.7 cm³/mol. The molecule has 17 heavy (non-hydrogen) atoms. The third-order valence-electron chi connectivity index (χ3n) is 3.42. The van der Waals surface area contributed by atoms with Crippen LogP contribution in [0, 0.1) is 5.82 Å². The Morgan fingerprint density at radius 1 is 1.29 bits per heavy atom. The first-order valence-corrected chi connectivity index (χ1v) is 6.39. The summed E-state index contributed by atoms with van der Waals surface area (Å²) in [5.41, 5.74) is 1.87. The highest BCUT2D eigenvalue weighted by molar-refractivity contribution is 5.29. The first kappa shape index (κ1) is 14.2. The van der Waals surface area contributed by atoms with E-state index in [2.05, 4.69) is 39.9 Å². The molecular formula is C15H24FN. The molecule has 0 bridgehead atoms. The van der Waals surface area contributed by atoms with Gasteiger partial charge >= 0.3 is 0 Å². The van der Waals surface area contributed by atoms with Crippen LogP contribution in [0.25, 0.3) is 0 Å². The maximum absolute atomic E-state index is 13.9. The van der Waals surface area contributed by atoms with Gasteiger partial charge in [-0.25, -0.2) is 4.39 Å². The summed E-state index contributed by atoms with van der Waals surface area (Å²) in [4.78, 5) is 0. The van der Waals surface area contributed by atoms with Crippen LogP contribution in [-0.2, 0) is 12.0 Å². The zero-order valence-corrected chi connectivity index (χ0v) is 11.6. The number of rotatable bonds is 5. The van der Waals surface area contributed by atoms with E-state index in [0.717, 1.165) is 17.5 Å². The lowest BCUT2D eigenvalue weighted by molar-refractivity contribution is 0.496. The molecule has 0 saturated heterocycles. The number of benzene rings is 1. The maximum atomic E-state index is 13.9. The minimum absolute atomic E-state index is 0.0465. The van der Waals surface area contributed by atoms with Crippen molar-refractivity contribution in [2.24, 2.45) is 0 Å². The molecule has 0 aliphatic carbocycles. The minimum Gasteiger partial charge on any atom is -0.310 e. The smallest absolute Gasteiger partial charge is 0.127 e. The van der Waals surface area contributed by atoms with Gasteiger partial charge in [0.15, 0.2) is 0 Å². The van der Waals surface area contributed by atoms with Gasteiger partial charge in [0, 0.05) is 18.2 Å². The highest BCUT2D eigenvalue weighted by Gasteiger charge is 2.19. The van der Waals surface area contributed by atoms with Crippen molar-refractivity contribution in [1.82, 2.24) is 5.32 Å². The van der Waals surface area contributed by atoms with Gasteiger partial charge in [-0.3, -0.25) is 0 Å². The number of halogens is 1. The molecule has 0 fully saturated rings. The van der Waals surface area contributed by atoms with Crippen LogP contribution >= 0.6 is 0 Å². The van der Waals surface area contributed by atoms with E-state index in [1.807, 2.05) is 12.1 Å². The SMILES string of the molecule is CCC(C)(C)c1ccc(CNC(C)C)c(F)c1. The van der Waals surface area contributed by atoms with E-state index in [1.54, 1.807) is 6.07 Å². The standard InChI is InChI=1S/C15H24FN/c1-6-15(4,5)13-8-7-12(14(16)9-13)10-17-11(2)3/h7-9,11,17H,6,10H2,1-5H3. The summed E-state index contributed by atoms with van der Waals surface area (Å²) in [7, 11) is 0. The average molecular weight is 237 g/mol. The lowest BCUT2D eigenvalue weighted by atomic mass is 9.82. The van der Waals surface area contributed by atoms with Crippen LogP contribution in [0.15, 0.2) is 18.2 Å². The fourth-order valence-electron chi connectivity index (χ4n) is 1.63. The van der Waals surface area contributed by atoms with Crippen molar-refractivity contribution in [2.45, 2.75) is 59.0 Å². The molecule has 0 atom stereocenters. The monoisotopic (exact) mass is 237 g/mol. The summed E-state index contributed by atoms with van der Waals surface area (Å²) >= 11 is 0. The molecule has 1 N–H and O–H groups in total. The third kappa shape index (κ3) is 3.81. The lowest BCUT2D eigenvalue weighted by Gasteiger charge is -2.23. The fourth-order valence-corrected chi connectivity index (χ4v) is 1.63. The normalized spacial score (nSPS) is 12.2. The summed E-state index contributed by atoms with van der Waals surface area (Å²) < 4.78 is 13.9. The first-order valence-electron chi connectivity index (χ1n) is 6.39. The molecule has 1 aromatic rings. The number of hydrogen-bond donors (Lipinski definition) is 1. The Labute approximate surface area is 104 Å². The topological polar surface area (TPSA) is 12.0 Å². The molecule has 2 heteroatoms. The van der Waals surface area contributed by atoms with Gasteiger partial charge in [0.25, 0.3) is 0 Å². The Morgan fingerprint density at radius 3 is 2.41 bits per heavy atom. The minimum atomic E-state index is -0.0998. The fraction of sp³-hybridized carbons (Fsp3) is 0.600. The van der Waals surface area contributed by atoms with Gasteiger partial charge in [-0.1, -0.05) is 46.8 Å². The molecule has 0 aliphatic heterocycles. The summed E-state index contributed by atoms with van der Waals surface area (Å²) in [5, 5.41) is 3.23. The molecule has 0 heterocycles. The van der Waals surface area contributed by atoms with Gasteiger partial charge in [-0.2, -0.15) is 0 Å². The zero-order chi connectivity index (χ0) is 13.1. The molecule has 1 rings (SSSR count). The van der Waals surface area contributed by atoms with E-state index < -0.39 is 0 Å². The highest BCUT2D eigenvalue weighted by Crippen LogP contribution is 2.27. The zero-order valence-electron chi connectivity index (χ0n) is 11.6. The van der Waals surface area contributed by atoms with Gasteiger partial charge < -0.3 is 5.32 Å². The molecule has 1 nitrogen and oxygen atoms in total. The molecular weight excluding hydrogens is 213 g/mol. The van der Waals surface area contributed by atoms with Gasteiger partial charge in [0.05, 0.1) is 0 Å². The van der Waals surface area contributed by atoms with Gasteiger partial charge in [-0.15, -0.1) is 0 Å². The van der Waals surface area contributed by atoms with E-state index in [9.17, 15) is 4.39 Å². The van der Waals surface area contributed by atoms with Crippen molar-refractivity contribution in [3.8, 4) is 0 Å². The van der Waals surface area contributed by atoms with Crippen molar-refractivity contribution >= 4 is 0 Å². The van der Waals surface area contributed by atoms with E-state index >= 15 is 0 Å². The van der Waals surface area contributed by atoms with Gasteiger partial charge in [0.1, 0.15) is 5.82 Å². The van der Waals surface area contributed by atoms with Crippen molar-refractivity contribution in [1.29, 1.82) is 0 Å². The van der Waals surface area contributed by atoms with Crippen LogP contribution in [0.2, 0.25) is 0 Å². The molecule has 0 aliphatic rings. The second-order valence-corrected chi connectivity index (χ2v) is 5.58. The van der Waals surface area contributed by atoms with Crippen LogP contribution in [0.1, 0.15) is 52.2 Å². The highest BCUT2D eigenvalue weighted by atomic mass is 19.1. The number of nitrogens with one attached hydrogen (secondary N) is 1. The van der Waals surface area contributed by atoms with Crippen LogP contribution < -0.4 is 5.32 Å². The van der Waals surface area contributed by atoms with E-state index in [-0.39, 0.29) is 11.2 Å². The van der Waals surface area contributed by atoms with Crippen LogP contribution in [-0.4, -0.2) is 6.04 Å². The summed E-state index contributed by atoms with van der Waals surface area (Å²) in [6.07, 6.45) is 1.01. The van der Waals surface area contributed by atoms with E-state index in [4.69, 9.17) is 0 Å². The molecule has 0 unspecified atom stereocenters. The molecule has 0 saturated carbocycles. The average Bonchev–Trinajstić information content (AvgIpc) is 2.27.